The average Bonchev–Trinajstić information content (AvgIpc) is 3.06. The van der Waals surface area contributed by atoms with Crippen molar-refractivity contribution in [3.63, 3.8) is 0 Å². The quantitative estimate of drug-likeness (QED) is 0.135. The van der Waals surface area contributed by atoms with Crippen molar-refractivity contribution in [2.45, 2.75) is 133 Å². The number of nitrogens with zero attached hydrogens (tertiary/aromatic N) is 2. The number of unbranched alkanes of at least 4 members (excludes halogenated alkanes) is 12. The average molecular weight is 579 g/mol. The minimum atomic E-state index is -4.06. The van der Waals surface area contributed by atoms with Gasteiger partial charge in [-0.2, -0.15) is 0 Å². The van der Waals surface area contributed by atoms with Crippen LogP contribution in [-0.2, 0) is 29.0 Å². The van der Waals surface area contributed by atoms with E-state index in [0.29, 0.717) is 12.0 Å². The monoisotopic (exact) mass is 578 g/mol. The lowest BCUT2D eigenvalue weighted by Crippen LogP contribution is -2.65. The molecular weight excluding hydrogens is 532 g/mol. The molecule has 40 heavy (non-hydrogen) atoms. The first kappa shape index (κ1) is 32.0. The standard InChI is InChI=1S/C30H46N2O7S/c1-4-5-6-7-8-9-10-11-12-13-14-15-16-19-23(33)39-25(22-18-17-20-31-21-22)24-27(34)32-26(29(35)36)30(2,3)40(37,38)28(24)32/h17-18,20-21,24-26,28H,4-16,19H2,1-3H3,(H,35,36)/t24-,25-,26+,28-/m1/s1. The summed E-state index contributed by atoms with van der Waals surface area (Å²) in [5.74, 6) is -3.74. The van der Waals surface area contributed by atoms with Gasteiger partial charge in [0.1, 0.15) is 18.1 Å². The summed E-state index contributed by atoms with van der Waals surface area (Å²) in [5.41, 5.74) is 0.408. The van der Waals surface area contributed by atoms with Gasteiger partial charge in [0.25, 0.3) is 0 Å². The van der Waals surface area contributed by atoms with Crippen LogP contribution >= 0.6 is 0 Å². The Morgan fingerprint density at radius 1 is 1.00 bits per heavy atom. The van der Waals surface area contributed by atoms with Crippen LogP contribution in [0, 0.1) is 5.92 Å². The van der Waals surface area contributed by atoms with E-state index in [4.69, 9.17) is 4.74 Å². The zero-order valence-corrected chi connectivity index (χ0v) is 25.0. The van der Waals surface area contributed by atoms with E-state index in [9.17, 15) is 27.9 Å². The van der Waals surface area contributed by atoms with Gasteiger partial charge in [-0.25, -0.2) is 13.2 Å². The molecule has 2 aliphatic heterocycles. The number of ether oxygens (including phenoxy) is 1. The molecule has 1 amide bonds. The lowest BCUT2D eigenvalue weighted by atomic mass is 9.85. The molecule has 0 radical (unpaired) electrons. The second-order valence-electron chi connectivity index (χ2n) is 11.7. The molecule has 4 atom stereocenters. The fraction of sp³-hybridized carbons (Fsp3) is 0.733. The summed E-state index contributed by atoms with van der Waals surface area (Å²) < 4.78 is 30.8. The molecular formula is C30H46N2O7S. The van der Waals surface area contributed by atoms with E-state index < -0.39 is 55.9 Å². The minimum Gasteiger partial charge on any atom is -0.480 e. The van der Waals surface area contributed by atoms with E-state index in [1.807, 2.05) is 0 Å². The van der Waals surface area contributed by atoms with Gasteiger partial charge in [0.2, 0.25) is 5.91 Å². The maximum absolute atomic E-state index is 13.4. The van der Waals surface area contributed by atoms with Crippen LogP contribution in [0.4, 0.5) is 0 Å². The Labute approximate surface area is 239 Å². The number of β-lactam (4-membered cyclic amide) rings is 1. The predicted molar refractivity (Wildman–Crippen MR) is 152 cm³/mol. The van der Waals surface area contributed by atoms with Gasteiger partial charge < -0.3 is 14.7 Å². The third kappa shape index (κ3) is 7.04. The van der Waals surface area contributed by atoms with Crippen LogP contribution in [0.25, 0.3) is 0 Å². The molecule has 0 aliphatic carbocycles. The topological polar surface area (TPSA) is 131 Å². The van der Waals surface area contributed by atoms with E-state index in [1.165, 1.54) is 84.0 Å². The molecule has 3 rings (SSSR count). The molecule has 2 aliphatic rings. The number of carbonyl (C=O) groups excluding carboxylic acids is 2. The van der Waals surface area contributed by atoms with Crippen molar-refractivity contribution in [3.8, 4) is 0 Å². The number of hydrogen-bond donors (Lipinski definition) is 1. The van der Waals surface area contributed by atoms with Gasteiger partial charge in [0.05, 0.1) is 4.75 Å². The Bertz CT molecular complexity index is 1110. The lowest BCUT2D eigenvalue weighted by molar-refractivity contribution is -0.176. The van der Waals surface area contributed by atoms with Crippen LogP contribution in [0.5, 0.6) is 0 Å². The van der Waals surface area contributed by atoms with Crippen LogP contribution in [0.1, 0.15) is 122 Å². The Hall–Kier alpha value is -2.49. The van der Waals surface area contributed by atoms with E-state index in [1.54, 1.807) is 12.1 Å². The fourth-order valence-electron chi connectivity index (χ4n) is 6.00. The summed E-state index contributed by atoms with van der Waals surface area (Å²) in [5, 5.41) is 8.33. The fourth-order valence-corrected chi connectivity index (χ4v) is 8.32. The van der Waals surface area contributed by atoms with Gasteiger partial charge in [-0.1, -0.05) is 90.0 Å². The molecule has 3 heterocycles. The highest BCUT2D eigenvalue weighted by Gasteiger charge is 2.73. The maximum Gasteiger partial charge on any atom is 0.328 e. The maximum atomic E-state index is 13.4. The van der Waals surface area contributed by atoms with E-state index in [2.05, 4.69) is 11.9 Å². The molecule has 0 saturated carbocycles. The van der Waals surface area contributed by atoms with Crippen LogP contribution < -0.4 is 0 Å². The smallest absolute Gasteiger partial charge is 0.328 e. The first-order valence-corrected chi connectivity index (χ1v) is 16.5. The molecule has 0 unspecified atom stereocenters. The van der Waals surface area contributed by atoms with Gasteiger partial charge in [-0.3, -0.25) is 14.6 Å². The third-order valence-electron chi connectivity index (χ3n) is 8.42. The molecule has 224 valence electrons. The van der Waals surface area contributed by atoms with Crippen molar-refractivity contribution in [1.82, 2.24) is 9.88 Å². The van der Waals surface area contributed by atoms with Gasteiger partial charge >= 0.3 is 11.9 Å². The Balaban J connectivity index is 1.50. The van der Waals surface area contributed by atoms with Crippen molar-refractivity contribution >= 4 is 27.7 Å². The normalized spacial score (nSPS) is 23.3. The number of carboxylic acid groups (broad SMARTS) is 1. The van der Waals surface area contributed by atoms with Crippen molar-refractivity contribution < 1.29 is 32.6 Å². The summed E-state index contributed by atoms with van der Waals surface area (Å²) in [4.78, 5) is 42.9. The molecule has 1 aromatic heterocycles. The van der Waals surface area contributed by atoms with Gasteiger partial charge in [-0.15, -0.1) is 0 Å². The molecule has 9 nitrogen and oxygen atoms in total. The zero-order valence-electron chi connectivity index (χ0n) is 24.2. The molecule has 0 aromatic carbocycles. The molecule has 0 spiro atoms. The van der Waals surface area contributed by atoms with Gasteiger partial charge in [0, 0.05) is 24.4 Å². The first-order chi connectivity index (χ1) is 19.1. The predicted octanol–water partition coefficient (Wildman–Crippen LogP) is 5.59. The lowest BCUT2D eigenvalue weighted by Gasteiger charge is -2.45. The number of pyridine rings is 1. The van der Waals surface area contributed by atoms with Crippen LogP contribution in [-0.4, -0.2) is 57.4 Å². The molecule has 1 N–H and O–H groups in total. The van der Waals surface area contributed by atoms with E-state index >= 15 is 0 Å². The third-order valence-corrected chi connectivity index (χ3v) is 11.3. The Kier molecular flexibility index (Phi) is 11.5. The van der Waals surface area contributed by atoms with Crippen LogP contribution in [0.2, 0.25) is 0 Å². The number of aromatic nitrogens is 1. The van der Waals surface area contributed by atoms with Gasteiger partial charge in [0.15, 0.2) is 15.2 Å². The van der Waals surface area contributed by atoms with Crippen molar-refractivity contribution in [3.05, 3.63) is 30.1 Å². The SMILES string of the molecule is CCCCCCCCCCCCCCCC(=O)O[C@H](c1cccnc1)[C@@H]1C(=O)N2[C@@H](C(=O)O)C(C)(C)S(=O)(=O)[C@H]12. The molecule has 0 bridgehead atoms. The summed E-state index contributed by atoms with van der Waals surface area (Å²) >= 11 is 0. The number of carboxylic acids is 1. The highest BCUT2D eigenvalue weighted by Crippen LogP contribution is 2.52. The first-order valence-electron chi connectivity index (χ1n) is 14.9. The number of rotatable bonds is 18. The van der Waals surface area contributed by atoms with E-state index in [-0.39, 0.29) is 6.42 Å². The molecule has 1 aromatic rings. The highest BCUT2D eigenvalue weighted by molar-refractivity contribution is 7.93. The summed E-state index contributed by atoms with van der Waals surface area (Å²) in [6, 6.07) is 1.76. The number of amides is 1. The summed E-state index contributed by atoms with van der Waals surface area (Å²) in [7, 11) is -4.06. The number of hydrogen-bond acceptors (Lipinski definition) is 7. The number of aliphatic carboxylic acids is 1. The second-order valence-corrected chi connectivity index (χ2v) is 14.4. The summed E-state index contributed by atoms with van der Waals surface area (Å²) in [6.45, 7) is 4.88. The van der Waals surface area contributed by atoms with Gasteiger partial charge in [-0.05, 0) is 26.3 Å². The van der Waals surface area contributed by atoms with Crippen molar-refractivity contribution in [2.24, 2.45) is 5.92 Å². The molecule has 2 fully saturated rings. The van der Waals surface area contributed by atoms with Crippen LogP contribution in [0.3, 0.4) is 0 Å². The Morgan fingerprint density at radius 2 is 1.55 bits per heavy atom. The highest BCUT2D eigenvalue weighted by atomic mass is 32.2. The number of esters is 1. The zero-order chi connectivity index (χ0) is 29.3. The molecule has 2 saturated heterocycles. The van der Waals surface area contributed by atoms with E-state index in [0.717, 1.165) is 24.2 Å². The minimum absolute atomic E-state index is 0.166. The molecule has 10 heteroatoms. The summed E-state index contributed by atoms with van der Waals surface area (Å²) in [6.07, 6.45) is 17.4. The van der Waals surface area contributed by atoms with Crippen molar-refractivity contribution in [1.29, 1.82) is 0 Å². The number of carbonyl (C=O) groups is 3. The number of sulfone groups is 1. The van der Waals surface area contributed by atoms with Crippen molar-refractivity contribution in [2.75, 3.05) is 0 Å². The number of fused-ring (bicyclic) bond motifs is 1. The van der Waals surface area contributed by atoms with Crippen LogP contribution in [0.15, 0.2) is 24.5 Å². The second kappa shape index (κ2) is 14.4. The largest absolute Gasteiger partial charge is 0.480 e. The Morgan fingerprint density at radius 3 is 2.05 bits per heavy atom.